The predicted octanol–water partition coefficient (Wildman–Crippen LogP) is 5.08. The Morgan fingerprint density at radius 1 is 1.06 bits per heavy atom. The minimum Gasteiger partial charge on any atom is -0.494 e. The van der Waals surface area contributed by atoms with Crippen molar-refractivity contribution in [1.29, 1.82) is 0 Å². The molecular weight excluding hydrogens is 428 g/mol. The van der Waals surface area contributed by atoms with Gasteiger partial charge in [0.1, 0.15) is 5.75 Å². The molecule has 0 aliphatic rings. The molecule has 184 valence electrons. The Morgan fingerprint density at radius 2 is 1.79 bits per heavy atom. The molecule has 0 aliphatic heterocycles. The predicted molar refractivity (Wildman–Crippen MR) is 142 cm³/mol. The van der Waals surface area contributed by atoms with Crippen LogP contribution in [0.3, 0.4) is 0 Å². The van der Waals surface area contributed by atoms with Crippen LogP contribution in [0.4, 0.5) is 0 Å². The summed E-state index contributed by atoms with van der Waals surface area (Å²) in [5.41, 5.74) is 3.68. The number of likely N-dealkylation sites (N-methyl/N-ethyl adjacent to an activating group) is 1. The molecule has 0 bridgehead atoms. The maximum atomic E-state index is 9.76. The van der Waals surface area contributed by atoms with E-state index in [1.54, 1.807) is 0 Å². The van der Waals surface area contributed by atoms with Crippen molar-refractivity contribution in [2.75, 3.05) is 33.3 Å². The Labute approximate surface area is 203 Å². The molecule has 0 unspecified atom stereocenters. The molecule has 7 nitrogen and oxygen atoms in total. The maximum Gasteiger partial charge on any atom is 0.207 e. The van der Waals surface area contributed by atoms with Gasteiger partial charge in [0.15, 0.2) is 0 Å². The van der Waals surface area contributed by atoms with Crippen LogP contribution in [-0.2, 0) is 11.2 Å². The van der Waals surface area contributed by atoms with Crippen molar-refractivity contribution in [1.82, 2.24) is 15.6 Å². The summed E-state index contributed by atoms with van der Waals surface area (Å²) in [5, 5.41) is 9.42. The van der Waals surface area contributed by atoms with Crippen molar-refractivity contribution in [3.63, 3.8) is 0 Å². The van der Waals surface area contributed by atoms with Gasteiger partial charge in [-0.3, -0.25) is 9.78 Å². The zero-order chi connectivity index (χ0) is 25.4. The molecule has 34 heavy (non-hydrogen) atoms. The highest BCUT2D eigenvalue weighted by Gasteiger charge is 1.97. The first-order valence-electron chi connectivity index (χ1n) is 11.3. The fourth-order valence-corrected chi connectivity index (χ4v) is 2.69. The topological polar surface area (TPSA) is 92.7 Å². The zero-order valence-electron chi connectivity index (χ0n) is 20.6. The van der Waals surface area contributed by atoms with Crippen LogP contribution in [0.5, 0.6) is 5.75 Å². The first-order valence-corrected chi connectivity index (χ1v) is 11.3. The third kappa shape index (κ3) is 13.8. The van der Waals surface area contributed by atoms with Crippen LogP contribution in [0.25, 0.3) is 10.9 Å². The van der Waals surface area contributed by atoms with Gasteiger partial charge in [-0.15, -0.1) is 13.2 Å². The lowest BCUT2D eigenvalue weighted by atomic mass is 10.1. The van der Waals surface area contributed by atoms with E-state index in [2.05, 4.69) is 65.1 Å². The molecule has 0 aliphatic carbocycles. The number of ether oxygens (including phenoxy) is 1. The number of fused-ring (bicyclic) bond motifs is 1. The van der Waals surface area contributed by atoms with Gasteiger partial charge in [-0.2, -0.15) is 4.91 Å². The molecule has 0 atom stereocenters. The summed E-state index contributed by atoms with van der Waals surface area (Å²) in [6.07, 6.45) is 4.28. The molecule has 0 saturated heterocycles. The number of hydrogen-bond donors (Lipinski definition) is 2. The van der Waals surface area contributed by atoms with Gasteiger partial charge in [0.25, 0.3) is 0 Å². The van der Waals surface area contributed by atoms with Gasteiger partial charge >= 0.3 is 0 Å². The van der Waals surface area contributed by atoms with E-state index in [0.29, 0.717) is 32.5 Å². The SMILES string of the molecule is C=C.CCc1cccc2ncccc12.CNCCNC=O.Cc1ccc(OCCCN=O)cc1. The van der Waals surface area contributed by atoms with Crippen LogP contribution < -0.4 is 15.4 Å². The Morgan fingerprint density at radius 3 is 2.41 bits per heavy atom. The van der Waals surface area contributed by atoms with Gasteiger partial charge in [-0.25, -0.2) is 0 Å². The maximum absolute atomic E-state index is 9.76. The van der Waals surface area contributed by atoms with Crippen molar-refractivity contribution >= 4 is 17.3 Å². The third-order valence-electron chi connectivity index (χ3n) is 4.40. The highest BCUT2D eigenvalue weighted by Crippen LogP contribution is 2.16. The molecule has 0 radical (unpaired) electrons. The van der Waals surface area contributed by atoms with Gasteiger partial charge in [-0.1, -0.05) is 48.0 Å². The van der Waals surface area contributed by atoms with Crippen LogP contribution >= 0.6 is 0 Å². The lowest BCUT2D eigenvalue weighted by Crippen LogP contribution is -2.23. The van der Waals surface area contributed by atoms with Crippen LogP contribution in [0.1, 0.15) is 24.5 Å². The number of aryl methyl sites for hydroxylation is 2. The number of carbonyl (C=O) groups is 1. The van der Waals surface area contributed by atoms with E-state index >= 15 is 0 Å². The Kier molecular flexibility index (Phi) is 19.0. The fraction of sp³-hybridized carbons (Fsp3) is 0.333. The van der Waals surface area contributed by atoms with Gasteiger partial charge in [-0.05, 0) is 50.2 Å². The molecule has 0 saturated carbocycles. The van der Waals surface area contributed by atoms with Crippen LogP contribution in [-0.4, -0.2) is 44.7 Å². The van der Waals surface area contributed by atoms with Gasteiger partial charge < -0.3 is 15.4 Å². The summed E-state index contributed by atoms with van der Waals surface area (Å²) >= 11 is 0. The molecule has 1 amide bonds. The normalized spacial score (nSPS) is 9.15. The molecule has 0 spiro atoms. The number of amides is 1. The number of benzene rings is 2. The molecule has 2 aromatic carbocycles. The van der Waals surface area contributed by atoms with Crippen molar-refractivity contribution in [3.8, 4) is 5.75 Å². The van der Waals surface area contributed by atoms with Crippen molar-refractivity contribution in [2.24, 2.45) is 5.18 Å². The monoisotopic (exact) mass is 466 g/mol. The van der Waals surface area contributed by atoms with Crippen LogP contribution in [0.2, 0.25) is 0 Å². The molecule has 7 heteroatoms. The summed E-state index contributed by atoms with van der Waals surface area (Å²) in [6, 6.07) is 18.2. The van der Waals surface area contributed by atoms with Gasteiger partial charge in [0.05, 0.1) is 18.7 Å². The minimum atomic E-state index is 0.325. The van der Waals surface area contributed by atoms with E-state index in [1.165, 1.54) is 16.5 Å². The first kappa shape index (κ1) is 30.4. The van der Waals surface area contributed by atoms with Crippen molar-refractivity contribution in [2.45, 2.75) is 26.7 Å². The number of nitroso groups, excluding NO2 is 1. The third-order valence-corrected chi connectivity index (χ3v) is 4.40. The lowest BCUT2D eigenvalue weighted by Gasteiger charge is -2.04. The molecule has 1 aromatic heterocycles. The summed E-state index contributed by atoms with van der Waals surface area (Å²) in [4.78, 5) is 23.6. The van der Waals surface area contributed by atoms with E-state index in [-0.39, 0.29) is 0 Å². The summed E-state index contributed by atoms with van der Waals surface area (Å²) in [7, 11) is 1.84. The van der Waals surface area contributed by atoms with E-state index in [4.69, 9.17) is 4.74 Å². The van der Waals surface area contributed by atoms with Crippen molar-refractivity contribution in [3.05, 3.63) is 90.0 Å². The van der Waals surface area contributed by atoms with E-state index in [1.807, 2.05) is 50.5 Å². The largest absolute Gasteiger partial charge is 0.494 e. The Balaban J connectivity index is 0.000000483. The summed E-state index contributed by atoms with van der Waals surface area (Å²) < 4.78 is 5.36. The van der Waals surface area contributed by atoms with Crippen LogP contribution in [0, 0.1) is 11.8 Å². The Hall–Kier alpha value is -3.58. The molecule has 3 rings (SSSR count). The quantitative estimate of drug-likeness (QED) is 0.188. The highest BCUT2D eigenvalue weighted by molar-refractivity contribution is 5.81. The summed E-state index contributed by atoms with van der Waals surface area (Å²) in [5.74, 6) is 0.844. The van der Waals surface area contributed by atoms with E-state index < -0.39 is 0 Å². The average molecular weight is 467 g/mol. The lowest BCUT2D eigenvalue weighted by molar-refractivity contribution is -0.109. The first-order chi connectivity index (χ1) is 16.7. The molecule has 3 aromatic rings. The minimum absolute atomic E-state index is 0.325. The second-order valence-corrected chi connectivity index (χ2v) is 6.88. The number of aromatic nitrogens is 1. The molecule has 2 N–H and O–H groups in total. The molecular formula is C27H38N4O3. The van der Waals surface area contributed by atoms with E-state index in [0.717, 1.165) is 24.2 Å². The number of hydrogen-bond acceptors (Lipinski definition) is 6. The molecule has 1 heterocycles. The fourth-order valence-electron chi connectivity index (χ4n) is 2.69. The number of nitrogens with zero attached hydrogens (tertiary/aromatic N) is 2. The summed E-state index contributed by atoms with van der Waals surface area (Å²) in [6.45, 7) is 12.6. The smallest absolute Gasteiger partial charge is 0.207 e. The number of pyridine rings is 1. The van der Waals surface area contributed by atoms with Gasteiger partial charge in [0, 0.05) is 31.1 Å². The van der Waals surface area contributed by atoms with E-state index in [9.17, 15) is 9.70 Å². The number of nitrogens with one attached hydrogen (secondary N) is 2. The number of carbonyl (C=O) groups excluding carboxylic acids is 1. The van der Waals surface area contributed by atoms with Crippen LogP contribution in [0.15, 0.2) is 79.1 Å². The second kappa shape index (κ2) is 21.3. The van der Waals surface area contributed by atoms with Crippen molar-refractivity contribution < 1.29 is 9.53 Å². The standard InChI is InChI=1S/C11H11N.C10H13NO2.C4H10N2O.C2H4/c1-2-9-5-3-7-11-10(9)6-4-8-12-11;1-9-3-5-10(6-4-9)13-8-2-7-11-12;1-5-2-3-6-4-7;1-2/h3-8H,2H2,1H3;3-6H,2,7-8H2,1H3;4-5H,2-3H2,1H3,(H,6,7);1-2H2. The number of rotatable bonds is 10. The Bertz CT molecular complexity index is 912. The average Bonchev–Trinajstić information content (AvgIpc) is 2.89. The highest BCUT2D eigenvalue weighted by atomic mass is 16.5. The molecule has 0 fully saturated rings. The zero-order valence-corrected chi connectivity index (χ0v) is 20.6. The van der Waals surface area contributed by atoms with Gasteiger partial charge in [0.2, 0.25) is 6.41 Å². The second-order valence-electron chi connectivity index (χ2n) is 6.88.